The molecule has 1 saturated carbocycles. The lowest BCUT2D eigenvalue weighted by Gasteiger charge is -2.17. The molecule has 0 aromatic heterocycles. The first-order chi connectivity index (χ1) is 9.12. The number of nitrogens with one attached hydrogen (secondary N) is 1. The third kappa shape index (κ3) is 3.22. The molecule has 0 radical (unpaired) electrons. The third-order valence-corrected chi connectivity index (χ3v) is 4.49. The van der Waals surface area contributed by atoms with E-state index >= 15 is 0 Å². The summed E-state index contributed by atoms with van der Waals surface area (Å²) >= 11 is 1.44. The minimum absolute atomic E-state index is 0.167. The van der Waals surface area contributed by atoms with Crippen LogP contribution < -0.4 is 5.32 Å². The Morgan fingerprint density at radius 1 is 1.47 bits per heavy atom. The van der Waals surface area contributed by atoms with Gasteiger partial charge in [-0.1, -0.05) is 6.07 Å². The number of aliphatic hydroxyl groups is 1. The number of carboxylic acids is 1. The van der Waals surface area contributed by atoms with Gasteiger partial charge in [-0.05, 0) is 43.1 Å². The molecule has 0 heterocycles. The predicted octanol–water partition coefficient (Wildman–Crippen LogP) is 2.68. The Hall–Kier alpha value is -1.20. The van der Waals surface area contributed by atoms with Crippen molar-refractivity contribution in [3.8, 4) is 0 Å². The van der Waals surface area contributed by atoms with Crippen LogP contribution >= 0.6 is 11.8 Å². The topological polar surface area (TPSA) is 69.6 Å². The first-order valence-corrected chi connectivity index (χ1v) is 7.59. The van der Waals surface area contributed by atoms with Crippen LogP contribution in [0.3, 0.4) is 0 Å². The maximum Gasteiger partial charge on any atom is 0.338 e. The Kier molecular flexibility index (Phi) is 4.37. The van der Waals surface area contributed by atoms with Crippen molar-refractivity contribution in [1.29, 1.82) is 0 Å². The summed E-state index contributed by atoms with van der Waals surface area (Å²) in [6.07, 6.45) is 4.86. The number of hydrogen-bond donors (Lipinski definition) is 3. The molecular weight excluding hydrogens is 262 g/mol. The standard InChI is InChI=1S/C14H19NO3S/c1-19-11-4-2-3-10(12(11)13(17)18)15-9-14(5-6-14)7-8-16/h2-4,15-16H,5-9H2,1H3,(H,17,18). The van der Waals surface area contributed by atoms with Gasteiger partial charge in [-0.3, -0.25) is 0 Å². The fourth-order valence-electron chi connectivity index (χ4n) is 2.28. The summed E-state index contributed by atoms with van der Waals surface area (Å²) in [7, 11) is 0. The number of aromatic carboxylic acids is 1. The molecule has 1 aromatic carbocycles. The van der Waals surface area contributed by atoms with Crippen molar-refractivity contribution in [2.75, 3.05) is 24.7 Å². The van der Waals surface area contributed by atoms with Crippen LogP contribution in [0.1, 0.15) is 29.6 Å². The van der Waals surface area contributed by atoms with Crippen LogP contribution in [0, 0.1) is 5.41 Å². The first kappa shape index (κ1) is 14.2. The van der Waals surface area contributed by atoms with Gasteiger partial charge in [0, 0.05) is 23.7 Å². The van der Waals surface area contributed by atoms with Gasteiger partial charge in [0.2, 0.25) is 0 Å². The highest BCUT2D eigenvalue weighted by molar-refractivity contribution is 7.98. The Morgan fingerprint density at radius 2 is 2.21 bits per heavy atom. The molecule has 104 valence electrons. The van der Waals surface area contributed by atoms with Gasteiger partial charge in [0.15, 0.2) is 0 Å². The predicted molar refractivity (Wildman–Crippen MR) is 77.0 cm³/mol. The lowest BCUT2D eigenvalue weighted by atomic mass is 10.0. The van der Waals surface area contributed by atoms with Gasteiger partial charge >= 0.3 is 5.97 Å². The summed E-state index contributed by atoms with van der Waals surface area (Å²) in [6.45, 7) is 0.921. The second-order valence-corrected chi connectivity index (χ2v) is 5.86. The normalized spacial score (nSPS) is 16.1. The summed E-state index contributed by atoms with van der Waals surface area (Å²) in [5.74, 6) is -0.903. The highest BCUT2D eigenvalue weighted by Gasteiger charge is 2.41. The molecule has 4 nitrogen and oxygen atoms in total. The molecule has 0 bridgehead atoms. The summed E-state index contributed by atoms with van der Waals surface area (Å²) in [5.41, 5.74) is 1.18. The molecule has 3 N–H and O–H groups in total. The quantitative estimate of drug-likeness (QED) is 0.670. The van der Waals surface area contributed by atoms with Gasteiger partial charge in [0.05, 0.1) is 5.56 Å². The maximum absolute atomic E-state index is 11.4. The average molecular weight is 281 g/mol. The zero-order chi connectivity index (χ0) is 13.9. The average Bonchev–Trinajstić information content (AvgIpc) is 3.16. The number of rotatable bonds is 7. The molecule has 0 saturated heterocycles. The van der Waals surface area contributed by atoms with Gasteiger partial charge in [0.25, 0.3) is 0 Å². The Labute approximate surface area is 117 Å². The molecule has 1 aromatic rings. The summed E-state index contributed by atoms with van der Waals surface area (Å²) in [6, 6.07) is 5.49. The van der Waals surface area contributed by atoms with Gasteiger partial charge in [-0.15, -0.1) is 11.8 Å². The lowest BCUT2D eigenvalue weighted by Crippen LogP contribution is -2.18. The molecule has 2 rings (SSSR count). The van der Waals surface area contributed by atoms with Gasteiger partial charge in [-0.25, -0.2) is 4.79 Å². The van der Waals surface area contributed by atoms with Gasteiger partial charge < -0.3 is 15.5 Å². The zero-order valence-electron chi connectivity index (χ0n) is 11.0. The van der Waals surface area contributed by atoms with E-state index in [0.29, 0.717) is 11.3 Å². The van der Waals surface area contributed by atoms with Crippen molar-refractivity contribution in [3.05, 3.63) is 23.8 Å². The highest BCUT2D eigenvalue weighted by atomic mass is 32.2. The molecule has 0 amide bonds. The van der Waals surface area contributed by atoms with E-state index in [4.69, 9.17) is 5.11 Å². The number of anilines is 1. The molecule has 1 aliphatic carbocycles. The van der Waals surface area contributed by atoms with Gasteiger partial charge in [-0.2, -0.15) is 0 Å². The van der Waals surface area contributed by atoms with Crippen LogP contribution in [0.2, 0.25) is 0 Å². The minimum Gasteiger partial charge on any atom is -0.478 e. The van der Waals surface area contributed by atoms with E-state index in [1.165, 1.54) is 11.8 Å². The van der Waals surface area contributed by atoms with Crippen molar-refractivity contribution in [3.63, 3.8) is 0 Å². The summed E-state index contributed by atoms with van der Waals surface area (Å²) in [5, 5.41) is 21.6. The molecule has 0 atom stereocenters. The fraction of sp³-hybridized carbons (Fsp3) is 0.500. The molecule has 0 spiro atoms. The molecule has 1 fully saturated rings. The molecule has 1 aliphatic rings. The van der Waals surface area contributed by atoms with E-state index in [1.807, 2.05) is 18.4 Å². The van der Waals surface area contributed by atoms with Crippen LogP contribution in [0.15, 0.2) is 23.1 Å². The van der Waals surface area contributed by atoms with E-state index in [0.717, 1.165) is 30.7 Å². The molecule has 0 unspecified atom stereocenters. The van der Waals surface area contributed by atoms with Crippen molar-refractivity contribution in [2.24, 2.45) is 5.41 Å². The minimum atomic E-state index is -0.903. The Balaban J connectivity index is 2.14. The van der Waals surface area contributed by atoms with Crippen molar-refractivity contribution < 1.29 is 15.0 Å². The number of thioether (sulfide) groups is 1. The van der Waals surface area contributed by atoms with Crippen molar-refractivity contribution in [2.45, 2.75) is 24.2 Å². The van der Waals surface area contributed by atoms with Crippen molar-refractivity contribution >= 4 is 23.4 Å². The number of carbonyl (C=O) groups is 1. The van der Waals surface area contributed by atoms with Crippen LogP contribution in [0.25, 0.3) is 0 Å². The van der Waals surface area contributed by atoms with E-state index in [1.54, 1.807) is 6.07 Å². The van der Waals surface area contributed by atoms with E-state index in [9.17, 15) is 9.90 Å². The monoisotopic (exact) mass is 281 g/mol. The highest BCUT2D eigenvalue weighted by Crippen LogP contribution is 2.48. The van der Waals surface area contributed by atoms with E-state index < -0.39 is 5.97 Å². The first-order valence-electron chi connectivity index (χ1n) is 6.37. The lowest BCUT2D eigenvalue weighted by molar-refractivity contribution is 0.0694. The van der Waals surface area contributed by atoms with Crippen LogP contribution in [0.4, 0.5) is 5.69 Å². The smallest absolute Gasteiger partial charge is 0.338 e. The number of aliphatic hydroxyl groups excluding tert-OH is 1. The molecule has 0 aliphatic heterocycles. The summed E-state index contributed by atoms with van der Waals surface area (Å²) < 4.78 is 0. The Morgan fingerprint density at radius 3 is 2.74 bits per heavy atom. The number of benzene rings is 1. The SMILES string of the molecule is CSc1cccc(NCC2(CCO)CC2)c1C(=O)O. The third-order valence-electron chi connectivity index (χ3n) is 3.71. The zero-order valence-corrected chi connectivity index (χ0v) is 11.8. The second kappa shape index (κ2) is 5.84. The molecule has 5 heteroatoms. The molecular formula is C14H19NO3S. The second-order valence-electron chi connectivity index (χ2n) is 5.02. The van der Waals surface area contributed by atoms with Crippen LogP contribution in [-0.4, -0.2) is 35.6 Å². The van der Waals surface area contributed by atoms with Gasteiger partial charge in [0.1, 0.15) is 0 Å². The van der Waals surface area contributed by atoms with E-state index in [2.05, 4.69) is 5.32 Å². The van der Waals surface area contributed by atoms with Crippen molar-refractivity contribution in [1.82, 2.24) is 0 Å². The van der Waals surface area contributed by atoms with E-state index in [-0.39, 0.29) is 12.0 Å². The van der Waals surface area contributed by atoms with Crippen LogP contribution in [-0.2, 0) is 0 Å². The molecule has 19 heavy (non-hydrogen) atoms. The Bertz CT molecular complexity index is 472. The maximum atomic E-state index is 11.4. The fourth-order valence-corrected chi connectivity index (χ4v) is 2.90. The summed E-state index contributed by atoms with van der Waals surface area (Å²) in [4.78, 5) is 12.1. The number of carboxylic acid groups (broad SMARTS) is 1. The number of hydrogen-bond acceptors (Lipinski definition) is 4. The largest absolute Gasteiger partial charge is 0.478 e. The van der Waals surface area contributed by atoms with Crippen LogP contribution in [0.5, 0.6) is 0 Å².